The summed E-state index contributed by atoms with van der Waals surface area (Å²) in [6, 6.07) is 0.696. The van der Waals surface area contributed by atoms with Gasteiger partial charge in [0.05, 0.1) is 0 Å². The summed E-state index contributed by atoms with van der Waals surface area (Å²) in [5.41, 5.74) is 0.184. The van der Waals surface area contributed by atoms with E-state index in [2.05, 4.69) is 35.5 Å². The minimum absolute atomic E-state index is 0.184. The molecule has 0 unspecified atom stereocenters. The van der Waals surface area contributed by atoms with Crippen molar-refractivity contribution in [2.24, 2.45) is 5.41 Å². The largest absolute Gasteiger partial charge is 0.396 e. The molecule has 0 aliphatic carbocycles. The van der Waals surface area contributed by atoms with Gasteiger partial charge in [-0.1, -0.05) is 6.92 Å². The fourth-order valence-corrected chi connectivity index (χ4v) is 3.50. The Morgan fingerprint density at radius 2 is 1.43 bits per heavy atom. The summed E-state index contributed by atoms with van der Waals surface area (Å²) >= 11 is 0. The molecule has 2 aliphatic heterocycles. The third-order valence-corrected chi connectivity index (χ3v) is 5.53. The first-order valence-electron chi connectivity index (χ1n) is 8.82. The molecular formula is C17H35N3O. The molecule has 0 bridgehead atoms. The molecule has 0 atom stereocenters. The zero-order valence-electron chi connectivity index (χ0n) is 14.4. The molecule has 1 N–H and O–H groups in total. The highest BCUT2D eigenvalue weighted by atomic mass is 16.3. The summed E-state index contributed by atoms with van der Waals surface area (Å²) in [4.78, 5) is 7.79. The third-order valence-electron chi connectivity index (χ3n) is 5.53. The van der Waals surface area contributed by atoms with Crippen LogP contribution in [0.2, 0.25) is 0 Å². The maximum Gasteiger partial charge on any atom is 0.0485 e. The van der Waals surface area contributed by atoms with Crippen LogP contribution in [-0.4, -0.2) is 84.8 Å². The Bertz CT molecular complexity index is 292. The first-order chi connectivity index (χ1) is 10.0. The van der Waals surface area contributed by atoms with Crippen LogP contribution in [0.5, 0.6) is 0 Å². The topological polar surface area (TPSA) is 30.0 Å². The Hall–Kier alpha value is -0.160. The minimum atomic E-state index is 0.184. The Balaban J connectivity index is 1.57. The van der Waals surface area contributed by atoms with Gasteiger partial charge in [-0.2, -0.15) is 0 Å². The third kappa shape index (κ3) is 5.20. The van der Waals surface area contributed by atoms with Gasteiger partial charge in [0.25, 0.3) is 0 Å². The second-order valence-electron chi connectivity index (χ2n) is 7.64. The molecule has 4 heteroatoms. The highest BCUT2D eigenvalue weighted by Gasteiger charge is 2.29. The smallest absolute Gasteiger partial charge is 0.0485 e. The van der Waals surface area contributed by atoms with Crippen LogP contribution in [0.4, 0.5) is 0 Å². The summed E-state index contributed by atoms with van der Waals surface area (Å²) in [5, 5.41) is 9.41. The van der Waals surface area contributed by atoms with Crippen molar-refractivity contribution in [2.75, 3.05) is 59.0 Å². The van der Waals surface area contributed by atoms with E-state index >= 15 is 0 Å². The van der Waals surface area contributed by atoms with Gasteiger partial charge in [0, 0.05) is 38.8 Å². The van der Waals surface area contributed by atoms with E-state index in [1.54, 1.807) is 0 Å². The monoisotopic (exact) mass is 297 g/mol. The number of hydrogen-bond acceptors (Lipinski definition) is 4. The number of aliphatic hydroxyl groups is 1. The molecule has 0 aromatic heterocycles. The van der Waals surface area contributed by atoms with Crippen LogP contribution >= 0.6 is 0 Å². The van der Waals surface area contributed by atoms with Gasteiger partial charge in [-0.05, 0) is 64.7 Å². The van der Waals surface area contributed by atoms with Gasteiger partial charge in [0.1, 0.15) is 0 Å². The molecule has 0 aromatic carbocycles. The lowest BCUT2D eigenvalue weighted by Gasteiger charge is -2.39. The maximum absolute atomic E-state index is 9.41. The predicted molar refractivity (Wildman–Crippen MR) is 88.6 cm³/mol. The van der Waals surface area contributed by atoms with Crippen LogP contribution in [-0.2, 0) is 0 Å². The lowest BCUT2D eigenvalue weighted by atomic mass is 9.81. The van der Waals surface area contributed by atoms with Crippen molar-refractivity contribution in [3.63, 3.8) is 0 Å². The van der Waals surface area contributed by atoms with Gasteiger partial charge in [-0.3, -0.25) is 4.90 Å². The molecule has 2 fully saturated rings. The molecule has 2 rings (SSSR count). The number of aliphatic hydroxyl groups excluding tert-OH is 1. The first kappa shape index (κ1) is 17.2. The van der Waals surface area contributed by atoms with Crippen molar-refractivity contribution in [1.29, 1.82) is 0 Å². The fraction of sp³-hybridized carbons (Fsp3) is 1.00. The average Bonchev–Trinajstić information content (AvgIpc) is 2.50. The van der Waals surface area contributed by atoms with E-state index in [0.29, 0.717) is 12.6 Å². The van der Waals surface area contributed by atoms with Gasteiger partial charge in [0.15, 0.2) is 0 Å². The lowest BCUT2D eigenvalue weighted by molar-refractivity contribution is 0.0550. The molecule has 4 nitrogen and oxygen atoms in total. The van der Waals surface area contributed by atoms with Crippen molar-refractivity contribution >= 4 is 0 Å². The number of nitrogens with zero attached hydrogens (tertiary/aromatic N) is 3. The summed E-state index contributed by atoms with van der Waals surface area (Å²) < 4.78 is 0. The highest BCUT2D eigenvalue weighted by Crippen LogP contribution is 2.29. The van der Waals surface area contributed by atoms with Crippen LogP contribution in [0.15, 0.2) is 0 Å². The first-order valence-corrected chi connectivity index (χ1v) is 8.82. The van der Waals surface area contributed by atoms with Crippen LogP contribution in [0.1, 0.15) is 40.0 Å². The lowest BCUT2D eigenvalue weighted by Crippen LogP contribution is -2.49. The molecule has 2 heterocycles. The molecule has 124 valence electrons. The van der Waals surface area contributed by atoms with Crippen molar-refractivity contribution in [1.82, 2.24) is 14.7 Å². The quantitative estimate of drug-likeness (QED) is 0.805. The maximum atomic E-state index is 9.41. The van der Waals surface area contributed by atoms with Crippen molar-refractivity contribution in [3.05, 3.63) is 0 Å². The van der Waals surface area contributed by atoms with E-state index in [4.69, 9.17) is 0 Å². The summed E-state index contributed by atoms with van der Waals surface area (Å²) in [6.45, 7) is 16.9. The molecule has 0 saturated carbocycles. The van der Waals surface area contributed by atoms with E-state index in [0.717, 1.165) is 25.9 Å². The molecule has 2 saturated heterocycles. The van der Waals surface area contributed by atoms with Crippen LogP contribution in [0.25, 0.3) is 0 Å². The zero-order chi connectivity index (χ0) is 15.3. The molecule has 0 radical (unpaired) electrons. The Kier molecular flexibility index (Phi) is 6.48. The number of rotatable bonds is 6. The highest BCUT2D eigenvalue weighted by molar-refractivity contribution is 4.82. The second kappa shape index (κ2) is 7.91. The summed E-state index contributed by atoms with van der Waals surface area (Å²) in [7, 11) is 0. The van der Waals surface area contributed by atoms with Crippen LogP contribution < -0.4 is 0 Å². The molecular weight excluding hydrogens is 262 g/mol. The van der Waals surface area contributed by atoms with Gasteiger partial charge in [0.2, 0.25) is 0 Å². The van der Waals surface area contributed by atoms with Crippen molar-refractivity contribution in [2.45, 2.75) is 46.1 Å². The Morgan fingerprint density at radius 1 is 0.905 bits per heavy atom. The standard InChI is InChI=1S/C17H35N3O/c1-16(2)20-13-11-19(12-14-20)8-4-7-18-9-5-17(3,15-21)6-10-18/h16,21H,4-15H2,1-3H3. The summed E-state index contributed by atoms with van der Waals surface area (Å²) in [5.74, 6) is 0. The molecule has 21 heavy (non-hydrogen) atoms. The van der Waals surface area contributed by atoms with Gasteiger partial charge >= 0.3 is 0 Å². The SMILES string of the molecule is CC(C)N1CCN(CCCN2CCC(C)(CO)CC2)CC1. The molecule has 0 aromatic rings. The second-order valence-corrected chi connectivity index (χ2v) is 7.64. The predicted octanol–water partition coefficient (Wildman–Crippen LogP) is 1.50. The number of likely N-dealkylation sites (tertiary alicyclic amines) is 1. The van der Waals surface area contributed by atoms with Crippen molar-refractivity contribution in [3.8, 4) is 0 Å². The average molecular weight is 297 g/mol. The number of piperidine rings is 1. The summed E-state index contributed by atoms with van der Waals surface area (Å²) in [6.07, 6.45) is 3.59. The number of piperazine rings is 1. The van der Waals surface area contributed by atoms with Gasteiger partial charge < -0.3 is 14.9 Å². The van der Waals surface area contributed by atoms with Crippen LogP contribution in [0.3, 0.4) is 0 Å². The van der Waals surface area contributed by atoms with E-state index in [-0.39, 0.29) is 5.41 Å². The van der Waals surface area contributed by atoms with Gasteiger partial charge in [-0.25, -0.2) is 0 Å². The normalized spacial score (nSPS) is 25.6. The van der Waals surface area contributed by atoms with Gasteiger partial charge in [-0.15, -0.1) is 0 Å². The van der Waals surface area contributed by atoms with E-state index in [1.165, 1.54) is 45.7 Å². The Morgan fingerprint density at radius 3 is 1.90 bits per heavy atom. The molecule has 0 spiro atoms. The zero-order valence-corrected chi connectivity index (χ0v) is 14.4. The van der Waals surface area contributed by atoms with E-state index < -0.39 is 0 Å². The minimum Gasteiger partial charge on any atom is -0.396 e. The van der Waals surface area contributed by atoms with Crippen molar-refractivity contribution < 1.29 is 5.11 Å². The van der Waals surface area contributed by atoms with E-state index in [9.17, 15) is 5.11 Å². The Labute approximate surface area is 131 Å². The number of hydrogen-bond donors (Lipinski definition) is 1. The molecule has 0 amide bonds. The van der Waals surface area contributed by atoms with E-state index in [1.807, 2.05) is 0 Å². The fourth-order valence-electron chi connectivity index (χ4n) is 3.50. The van der Waals surface area contributed by atoms with Crippen LogP contribution in [0, 0.1) is 5.41 Å². The molecule has 2 aliphatic rings.